The van der Waals surface area contributed by atoms with Crippen molar-refractivity contribution in [3.8, 4) is 29.1 Å². The van der Waals surface area contributed by atoms with E-state index in [0.29, 0.717) is 53.0 Å². The molecule has 2 amide bonds. The zero-order valence-electron chi connectivity index (χ0n) is 23.5. The molecule has 1 heterocycles. The minimum atomic E-state index is -1.17. The van der Waals surface area contributed by atoms with Crippen LogP contribution in [0.25, 0.3) is 0 Å². The zero-order chi connectivity index (χ0) is 30.6. The van der Waals surface area contributed by atoms with Crippen molar-refractivity contribution in [3.63, 3.8) is 0 Å². The van der Waals surface area contributed by atoms with Crippen LogP contribution in [0.3, 0.4) is 0 Å². The Hall–Kier alpha value is -4.23. The van der Waals surface area contributed by atoms with E-state index in [1.807, 2.05) is 13.0 Å². The number of hydrazone groups is 1. The van der Waals surface area contributed by atoms with E-state index in [1.165, 1.54) is 13.3 Å². The van der Waals surface area contributed by atoms with Gasteiger partial charge in [-0.1, -0.05) is 6.07 Å². The first-order chi connectivity index (χ1) is 20.2. The SMILES string of the molecule is CCOc1cc([C@H]2NC(=O)NC(C)=C2C(=O)OC)ccc1OC[C@@H](O)N/N=C\c1cc(I)c(OCC#N)c(OCC)c1. The smallest absolute Gasteiger partial charge is 0.337 e. The van der Waals surface area contributed by atoms with Gasteiger partial charge in [0.1, 0.15) is 12.7 Å². The Morgan fingerprint density at radius 1 is 1.17 bits per heavy atom. The molecular formula is C28H32IN5O8. The minimum Gasteiger partial charge on any atom is -0.490 e. The number of halogens is 1. The number of hydrogen-bond acceptors (Lipinski definition) is 11. The van der Waals surface area contributed by atoms with Crippen molar-refractivity contribution in [2.75, 3.05) is 33.5 Å². The van der Waals surface area contributed by atoms with Crippen LogP contribution < -0.4 is 35.0 Å². The van der Waals surface area contributed by atoms with Crippen molar-refractivity contribution in [2.45, 2.75) is 33.0 Å². The number of methoxy groups -OCH3 is 1. The summed E-state index contributed by atoms with van der Waals surface area (Å²) in [5.41, 5.74) is 4.51. The molecule has 4 N–H and O–H groups in total. The summed E-state index contributed by atoms with van der Waals surface area (Å²) in [6.07, 6.45) is 0.337. The van der Waals surface area contributed by atoms with Gasteiger partial charge in [0.25, 0.3) is 0 Å². The number of rotatable bonds is 14. The molecule has 0 spiro atoms. The molecule has 0 bridgehead atoms. The van der Waals surface area contributed by atoms with E-state index in [-0.39, 0.29) is 18.8 Å². The molecule has 0 saturated carbocycles. The van der Waals surface area contributed by atoms with Crippen LogP contribution in [-0.4, -0.2) is 63.1 Å². The van der Waals surface area contributed by atoms with Gasteiger partial charge in [-0.3, -0.25) is 5.43 Å². The lowest BCUT2D eigenvalue weighted by atomic mass is 9.95. The lowest BCUT2D eigenvalue weighted by molar-refractivity contribution is -0.136. The Bertz CT molecular complexity index is 1390. The lowest BCUT2D eigenvalue weighted by Crippen LogP contribution is -2.45. The average Bonchev–Trinajstić information content (AvgIpc) is 2.95. The highest BCUT2D eigenvalue weighted by molar-refractivity contribution is 14.1. The van der Waals surface area contributed by atoms with Gasteiger partial charge in [-0.05, 0) is 78.8 Å². The first kappa shape index (κ1) is 32.3. The van der Waals surface area contributed by atoms with Crippen LogP contribution in [0.5, 0.6) is 23.0 Å². The van der Waals surface area contributed by atoms with Crippen LogP contribution in [-0.2, 0) is 9.53 Å². The third kappa shape index (κ3) is 8.40. The molecule has 3 rings (SSSR count). The summed E-state index contributed by atoms with van der Waals surface area (Å²) in [5.74, 6) is 1.08. The third-order valence-corrected chi connectivity index (χ3v) is 6.52. The predicted molar refractivity (Wildman–Crippen MR) is 160 cm³/mol. The van der Waals surface area contributed by atoms with Gasteiger partial charge in [0, 0.05) is 5.70 Å². The summed E-state index contributed by atoms with van der Waals surface area (Å²) >= 11 is 2.08. The average molecular weight is 693 g/mol. The largest absolute Gasteiger partial charge is 0.490 e. The van der Waals surface area contributed by atoms with Gasteiger partial charge in [0.15, 0.2) is 35.8 Å². The zero-order valence-corrected chi connectivity index (χ0v) is 25.7. The fraction of sp³-hybridized carbons (Fsp3) is 0.357. The van der Waals surface area contributed by atoms with Gasteiger partial charge in [-0.25, -0.2) is 9.59 Å². The highest BCUT2D eigenvalue weighted by Gasteiger charge is 2.32. The molecule has 1 aliphatic rings. The Kier molecular flexibility index (Phi) is 12.1. The number of nitriles is 1. The van der Waals surface area contributed by atoms with Crippen LogP contribution in [0.15, 0.2) is 46.7 Å². The monoisotopic (exact) mass is 693 g/mol. The molecule has 0 saturated heterocycles. The van der Waals surface area contributed by atoms with E-state index in [0.717, 1.165) is 3.57 Å². The predicted octanol–water partition coefficient (Wildman–Crippen LogP) is 3.11. The summed E-state index contributed by atoms with van der Waals surface area (Å²) in [4.78, 5) is 24.5. The number of urea groups is 1. The third-order valence-electron chi connectivity index (χ3n) is 5.72. The van der Waals surface area contributed by atoms with Crippen molar-refractivity contribution in [1.82, 2.24) is 16.1 Å². The Morgan fingerprint density at radius 2 is 1.90 bits per heavy atom. The molecule has 42 heavy (non-hydrogen) atoms. The number of ether oxygens (including phenoxy) is 5. The summed E-state index contributed by atoms with van der Waals surface area (Å²) in [5, 5.41) is 28.6. The topological polar surface area (TPSA) is 173 Å². The number of nitrogens with one attached hydrogen (secondary N) is 3. The van der Waals surface area contributed by atoms with Crippen molar-refractivity contribution < 1.29 is 38.4 Å². The van der Waals surface area contributed by atoms with Crippen molar-refractivity contribution in [1.29, 1.82) is 5.26 Å². The van der Waals surface area contributed by atoms with E-state index >= 15 is 0 Å². The molecule has 0 radical (unpaired) electrons. The number of carbonyl (C=O) groups is 2. The molecule has 13 nitrogen and oxygen atoms in total. The number of amides is 2. The number of esters is 1. The highest BCUT2D eigenvalue weighted by atomic mass is 127. The number of allylic oxidation sites excluding steroid dienone is 1. The number of nitrogens with zero attached hydrogens (tertiary/aromatic N) is 2. The molecule has 0 aromatic heterocycles. The maximum absolute atomic E-state index is 12.4. The summed E-state index contributed by atoms with van der Waals surface area (Å²) in [7, 11) is 1.27. The van der Waals surface area contributed by atoms with Gasteiger partial charge in [0.2, 0.25) is 0 Å². The Morgan fingerprint density at radius 3 is 2.60 bits per heavy atom. The fourth-order valence-corrected chi connectivity index (χ4v) is 4.77. The molecule has 224 valence electrons. The number of hydrogen-bond donors (Lipinski definition) is 4. The minimum absolute atomic E-state index is 0.106. The standard InChI is InChI=1S/C28H32IN5O8/c1-5-39-21-13-18(25-24(27(36)38-4)16(3)32-28(37)33-25)7-8-20(21)42-15-23(35)34-31-14-17-11-19(29)26(41-10-9-30)22(12-17)40-6-2/h7-8,11-14,23,25,34-35H,5-6,10,15H2,1-4H3,(H2,32,33,37)/b31-14-/t23-,25-/m1/s1. The Balaban J connectivity index is 1.69. The number of benzene rings is 2. The van der Waals surface area contributed by atoms with E-state index in [1.54, 1.807) is 44.2 Å². The van der Waals surface area contributed by atoms with E-state index in [9.17, 15) is 14.7 Å². The van der Waals surface area contributed by atoms with Gasteiger partial charge in [0.05, 0.1) is 41.7 Å². The second-order valence-electron chi connectivity index (χ2n) is 8.62. The van der Waals surface area contributed by atoms with Gasteiger partial charge in [-0.2, -0.15) is 10.4 Å². The summed E-state index contributed by atoms with van der Waals surface area (Å²) in [6.45, 7) is 5.72. The van der Waals surface area contributed by atoms with E-state index in [2.05, 4.69) is 43.8 Å². The van der Waals surface area contributed by atoms with Gasteiger partial charge >= 0.3 is 12.0 Å². The molecular weight excluding hydrogens is 661 g/mol. The lowest BCUT2D eigenvalue weighted by Gasteiger charge is -2.28. The number of carbonyl (C=O) groups excluding carboxylic acids is 2. The molecule has 1 aliphatic heterocycles. The molecule has 2 atom stereocenters. The molecule has 14 heteroatoms. The molecule has 0 aliphatic carbocycles. The maximum Gasteiger partial charge on any atom is 0.337 e. The summed E-state index contributed by atoms with van der Waals surface area (Å²) < 4.78 is 28.3. The first-order valence-corrected chi connectivity index (χ1v) is 14.0. The Labute approximate surface area is 256 Å². The number of aliphatic hydroxyl groups is 1. The maximum atomic E-state index is 12.4. The second kappa shape index (κ2) is 15.7. The molecule has 0 unspecified atom stereocenters. The van der Waals surface area contributed by atoms with E-state index < -0.39 is 24.3 Å². The highest BCUT2D eigenvalue weighted by Crippen LogP contribution is 2.35. The molecule has 2 aromatic rings. The fourth-order valence-electron chi connectivity index (χ4n) is 3.99. The van der Waals surface area contributed by atoms with Gasteiger partial charge in [-0.15, -0.1) is 0 Å². The van der Waals surface area contributed by atoms with Gasteiger partial charge < -0.3 is 39.4 Å². The van der Waals surface area contributed by atoms with Crippen molar-refractivity contribution >= 4 is 40.8 Å². The van der Waals surface area contributed by atoms with Crippen LogP contribution >= 0.6 is 22.6 Å². The van der Waals surface area contributed by atoms with E-state index in [4.69, 9.17) is 28.9 Å². The van der Waals surface area contributed by atoms with Crippen LogP contribution in [0.2, 0.25) is 0 Å². The van der Waals surface area contributed by atoms with Crippen molar-refractivity contribution in [2.24, 2.45) is 5.10 Å². The number of aliphatic hydroxyl groups excluding tert-OH is 1. The van der Waals surface area contributed by atoms with Crippen molar-refractivity contribution in [3.05, 3.63) is 56.3 Å². The molecule has 0 fully saturated rings. The summed E-state index contributed by atoms with van der Waals surface area (Å²) in [6, 6.07) is 9.20. The van der Waals surface area contributed by atoms with Crippen LogP contribution in [0.1, 0.15) is 37.9 Å². The first-order valence-electron chi connectivity index (χ1n) is 12.9. The quantitative estimate of drug-likeness (QED) is 0.0758. The second-order valence-corrected chi connectivity index (χ2v) is 9.79. The van der Waals surface area contributed by atoms with Crippen LogP contribution in [0, 0.1) is 14.9 Å². The normalized spacial score (nSPS) is 15.3. The van der Waals surface area contributed by atoms with Crippen LogP contribution in [0.4, 0.5) is 4.79 Å². The molecule has 2 aromatic carbocycles.